The minimum absolute atomic E-state index is 0.166. The zero-order chi connectivity index (χ0) is 13.2. The van der Waals surface area contributed by atoms with Gasteiger partial charge in [0, 0.05) is 19.1 Å². The molecule has 3 rings (SSSR count). The van der Waals surface area contributed by atoms with E-state index in [-0.39, 0.29) is 5.92 Å². The van der Waals surface area contributed by atoms with Gasteiger partial charge in [-0.3, -0.25) is 4.79 Å². The molecular formula is C16H22N2O. The van der Waals surface area contributed by atoms with E-state index < -0.39 is 0 Å². The van der Waals surface area contributed by atoms with Crippen LogP contribution < -0.4 is 5.32 Å². The summed E-state index contributed by atoms with van der Waals surface area (Å²) >= 11 is 0. The molecule has 0 saturated carbocycles. The molecule has 2 atom stereocenters. The van der Waals surface area contributed by atoms with Crippen LogP contribution in [0.1, 0.15) is 30.9 Å². The Morgan fingerprint density at radius 3 is 2.89 bits per heavy atom. The molecule has 1 amide bonds. The van der Waals surface area contributed by atoms with E-state index in [2.05, 4.69) is 41.4 Å². The molecule has 0 aliphatic carbocycles. The molecular weight excluding hydrogens is 236 g/mol. The molecule has 1 N–H and O–H groups in total. The van der Waals surface area contributed by atoms with Crippen molar-refractivity contribution in [2.24, 2.45) is 5.92 Å². The van der Waals surface area contributed by atoms with Gasteiger partial charge in [-0.2, -0.15) is 0 Å². The fraction of sp³-hybridized carbons (Fsp3) is 0.562. The van der Waals surface area contributed by atoms with Crippen molar-refractivity contribution in [1.82, 2.24) is 10.2 Å². The van der Waals surface area contributed by atoms with Crippen LogP contribution in [0.4, 0.5) is 0 Å². The predicted molar refractivity (Wildman–Crippen MR) is 75.8 cm³/mol. The first-order valence-electron chi connectivity index (χ1n) is 7.34. The highest BCUT2D eigenvalue weighted by Crippen LogP contribution is 2.24. The second-order valence-electron chi connectivity index (χ2n) is 5.77. The lowest BCUT2D eigenvalue weighted by molar-refractivity contribution is -0.138. The van der Waals surface area contributed by atoms with Crippen LogP contribution in [0, 0.1) is 5.92 Å². The smallest absolute Gasteiger partial charge is 0.227 e. The minimum atomic E-state index is 0.166. The number of hydrogen-bond acceptors (Lipinski definition) is 2. The maximum atomic E-state index is 12.7. The fourth-order valence-electron chi connectivity index (χ4n) is 3.30. The SMILES string of the molecule is CC1NCCCC1C(=O)N1CCc2ccccc2C1. The summed E-state index contributed by atoms with van der Waals surface area (Å²) in [4.78, 5) is 14.7. The van der Waals surface area contributed by atoms with Gasteiger partial charge in [-0.1, -0.05) is 24.3 Å². The number of hydrogen-bond donors (Lipinski definition) is 1. The number of rotatable bonds is 1. The first-order chi connectivity index (χ1) is 9.25. The van der Waals surface area contributed by atoms with Gasteiger partial charge < -0.3 is 10.2 Å². The number of carbonyl (C=O) groups excluding carboxylic acids is 1. The Kier molecular flexibility index (Phi) is 3.56. The van der Waals surface area contributed by atoms with Crippen LogP contribution >= 0.6 is 0 Å². The second-order valence-corrected chi connectivity index (χ2v) is 5.77. The quantitative estimate of drug-likeness (QED) is 0.835. The van der Waals surface area contributed by atoms with Crippen molar-refractivity contribution in [3.8, 4) is 0 Å². The van der Waals surface area contributed by atoms with Crippen LogP contribution in [-0.2, 0) is 17.8 Å². The van der Waals surface area contributed by atoms with Gasteiger partial charge in [-0.05, 0) is 43.9 Å². The highest BCUT2D eigenvalue weighted by atomic mass is 16.2. The molecule has 1 aromatic carbocycles. The summed E-state index contributed by atoms with van der Waals surface area (Å²) in [6.45, 7) is 4.85. The van der Waals surface area contributed by atoms with Crippen molar-refractivity contribution in [2.45, 2.75) is 38.8 Å². The minimum Gasteiger partial charge on any atom is -0.338 e. The summed E-state index contributed by atoms with van der Waals surface area (Å²) in [5.74, 6) is 0.508. The van der Waals surface area contributed by atoms with Gasteiger partial charge in [0.2, 0.25) is 5.91 Å². The molecule has 1 aromatic rings. The summed E-state index contributed by atoms with van der Waals surface area (Å²) in [5.41, 5.74) is 2.72. The van der Waals surface area contributed by atoms with Crippen LogP contribution in [0.15, 0.2) is 24.3 Å². The van der Waals surface area contributed by atoms with Crippen LogP contribution in [0.25, 0.3) is 0 Å². The number of piperidine rings is 1. The van der Waals surface area contributed by atoms with Crippen LogP contribution in [-0.4, -0.2) is 29.9 Å². The third-order valence-corrected chi connectivity index (χ3v) is 4.52. The highest BCUT2D eigenvalue weighted by Gasteiger charge is 2.32. The number of amides is 1. The third-order valence-electron chi connectivity index (χ3n) is 4.52. The molecule has 2 unspecified atom stereocenters. The van der Waals surface area contributed by atoms with E-state index in [0.29, 0.717) is 11.9 Å². The summed E-state index contributed by atoms with van der Waals surface area (Å²) < 4.78 is 0. The lowest BCUT2D eigenvalue weighted by Crippen LogP contribution is -2.49. The number of fused-ring (bicyclic) bond motifs is 1. The Labute approximate surface area is 115 Å². The monoisotopic (exact) mass is 258 g/mol. The molecule has 1 fully saturated rings. The molecule has 0 bridgehead atoms. The van der Waals surface area contributed by atoms with E-state index in [4.69, 9.17) is 0 Å². The highest BCUT2D eigenvalue weighted by molar-refractivity contribution is 5.80. The summed E-state index contributed by atoms with van der Waals surface area (Å²) in [6, 6.07) is 8.80. The Morgan fingerprint density at radius 2 is 2.11 bits per heavy atom. The number of benzene rings is 1. The molecule has 0 radical (unpaired) electrons. The van der Waals surface area contributed by atoms with Crippen LogP contribution in [0.3, 0.4) is 0 Å². The van der Waals surface area contributed by atoms with Gasteiger partial charge in [0.25, 0.3) is 0 Å². The Balaban J connectivity index is 1.72. The molecule has 3 nitrogen and oxygen atoms in total. The lowest BCUT2D eigenvalue weighted by Gasteiger charge is -2.36. The molecule has 0 spiro atoms. The zero-order valence-electron chi connectivity index (χ0n) is 11.6. The molecule has 2 heterocycles. The second kappa shape index (κ2) is 5.33. The predicted octanol–water partition coefficient (Wildman–Crippen LogP) is 1.96. The van der Waals surface area contributed by atoms with Crippen molar-refractivity contribution < 1.29 is 4.79 Å². The number of nitrogens with one attached hydrogen (secondary N) is 1. The number of nitrogens with zero attached hydrogens (tertiary/aromatic N) is 1. The first-order valence-corrected chi connectivity index (χ1v) is 7.34. The Hall–Kier alpha value is -1.35. The largest absolute Gasteiger partial charge is 0.338 e. The van der Waals surface area contributed by atoms with Gasteiger partial charge in [0.15, 0.2) is 0 Å². The van der Waals surface area contributed by atoms with Gasteiger partial charge in [0.05, 0.1) is 5.92 Å². The maximum Gasteiger partial charge on any atom is 0.227 e. The van der Waals surface area contributed by atoms with E-state index in [0.717, 1.165) is 38.9 Å². The third kappa shape index (κ3) is 2.52. The summed E-state index contributed by atoms with van der Waals surface area (Å²) in [5, 5.41) is 3.42. The van der Waals surface area contributed by atoms with Crippen molar-refractivity contribution in [2.75, 3.05) is 13.1 Å². The molecule has 0 aromatic heterocycles. The van der Waals surface area contributed by atoms with Gasteiger partial charge in [-0.25, -0.2) is 0 Å². The van der Waals surface area contributed by atoms with Gasteiger partial charge in [-0.15, -0.1) is 0 Å². The van der Waals surface area contributed by atoms with E-state index in [1.54, 1.807) is 0 Å². The van der Waals surface area contributed by atoms with Crippen molar-refractivity contribution in [3.05, 3.63) is 35.4 Å². The molecule has 19 heavy (non-hydrogen) atoms. The first kappa shape index (κ1) is 12.7. The molecule has 3 heteroatoms. The van der Waals surface area contributed by atoms with Crippen molar-refractivity contribution in [1.29, 1.82) is 0 Å². The number of carbonyl (C=O) groups is 1. The van der Waals surface area contributed by atoms with E-state index in [1.807, 2.05) is 0 Å². The molecule has 102 valence electrons. The fourth-order valence-corrected chi connectivity index (χ4v) is 3.30. The Morgan fingerprint density at radius 1 is 1.32 bits per heavy atom. The average molecular weight is 258 g/mol. The molecule has 2 aliphatic heterocycles. The normalized spacial score (nSPS) is 26.9. The zero-order valence-corrected chi connectivity index (χ0v) is 11.6. The van der Waals surface area contributed by atoms with Gasteiger partial charge >= 0.3 is 0 Å². The van der Waals surface area contributed by atoms with Crippen molar-refractivity contribution in [3.63, 3.8) is 0 Å². The summed E-state index contributed by atoms with van der Waals surface area (Å²) in [6.07, 6.45) is 3.15. The van der Waals surface area contributed by atoms with Gasteiger partial charge in [0.1, 0.15) is 0 Å². The Bertz CT molecular complexity index is 472. The molecule has 2 aliphatic rings. The standard InChI is InChI=1S/C16H22N2O/c1-12-15(7-4-9-17-12)16(19)18-10-8-13-5-2-3-6-14(13)11-18/h2-3,5-6,12,15,17H,4,7-11H2,1H3. The average Bonchev–Trinajstić information content (AvgIpc) is 2.46. The van der Waals surface area contributed by atoms with Crippen molar-refractivity contribution >= 4 is 5.91 Å². The van der Waals surface area contributed by atoms with E-state index in [1.165, 1.54) is 11.1 Å². The lowest BCUT2D eigenvalue weighted by atomic mass is 9.89. The summed E-state index contributed by atoms with van der Waals surface area (Å²) in [7, 11) is 0. The molecule has 1 saturated heterocycles. The maximum absolute atomic E-state index is 12.7. The van der Waals surface area contributed by atoms with Crippen LogP contribution in [0.2, 0.25) is 0 Å². The topological polar surface area (TPSA) is 32.3 Å². The van der Waals surface area contributed by atoms with E-state index >= 15 is 0 Å². The van der Waals surface area contributed by atoms with Crippen LogP contribution in [0.5, 0.6) is 0 Å². The van der Waals surface area contributed by atoms with E-state index in [9.17, 15) is 4.79 Å².